The predicted octanol–water partition coefficient (Wildman–Crippen LogP) is 11.6. The highest BCUT2D eigenvalue weighted by molar-refractivity contribution is 5.82. The normalized spacial score (nSPS) is 17.9. The van der Waals surface area contributed by atoms with Gasteiger partial charge in [-0.2, -0.15) is 0 Å². The Hall–Kier alpha value is -3.66. The molecule has 1 aliphatic heterocycles. The van der Waals surface area contributed by atoms with E-state index in [-0.39, 0.29) is 28.9 Å². The summed E-state index contributed by atoms with van der Waals surface area (Å²) in [6.07, 6.45) is 13.2. The molecule has 3 aromatic rings. The van der Waals surface area contributed by atoms with Crippen LogP contribution < -0.4 is 4.74 Å². The third-order valence-electron chi connectivity index (χ3n) is 9.65. The number of phenols is 3. The number of phenolic OH excluding ortho intramolecular Hbond substituents is 3. The van der Waals surface area contributed by atoms with Gasteiger partial charge in [0, 0.05) is 17.0 Å². The molecule has 5 rings (SSSR count). The van der Waals surface area contributed by atoms with E-state index in [1.807, 2.05) is 25.1 Å². The van der Waals surface area contributed by atoms with Crippen LogP contribution in [0.5, 0.6) is 23.0 Å². The first-order valence-corrected chi connectivity index (χ1v) is 17.4. The van der Waals surface area contributed by atoms with Gasteiger partial charge in [0.15, 0.2) is 0 Å². The van der Waals surface area contributed by atoms with Crippen molar-refractivity contribution in [3.63, 3.8) is 0 Å². The summed E-state index contributed by atoms with van der Waals surface area (Å²) in [5.74, 6) is 1.88. The molecule has 0 saturated heterocycles. The number of benzene rings is 3. The fourth-order valence-corrected chi connectivity index (χ4v) is 7.10. The van der Waals surface area contributed by atoms with Gasteiger partial charge in [-0.3, -0.25) is 0 Å². The molecule has 3 N–H and O–H groups in total. The summed E-state index contributed by atoms with van der Waals surface area (Å²) in [5.41, 5.74) is 9.13. The Bertz CT molecular complexity index is 1540. The van der Waals surface area contributed by atoms with Crippen LogP contribution in [0.1, 0.15) is 127 Å². The molecule has 0 unspecified atom stereocenters. The average molecular weight is 625 g/mol. The Labute approximate surface area is 277 Å². The minimum absolute atomic E-state index is 0.0194. The summed E-state index contributed by atoms with van der Waals surface area (Å²) in [5, 5.41) is 31.7. The molecule has 46 heavy (non-hydrogen) atoms. The van der Waals surface area contributed by atoms with Crippen LogP contribution in [0.3, 0.4) is 0 Å². The molecule has 0 spiro atoms. The Morgan fingerprint density at radius 1 is 0.848 bits per heavy atom. The van der Waals surface area contributed by atoms with Crippen LogP contribution in [0, 0.1) is 12.8 Å². The number of unbranched alkanes of at least 4 members (excludes halogenated alkanes) is 4. The van der Waals surface area contributed by atoms with Crippen LogP contribution in [-0.4, -0.2) is 15.3 Å². The van der Waals surface area contributed by atoms with Crippen molar-refractivity contribution >= 4 is 0 Å². The Morgan fingerprint density at radius 2 is 1.43 bits per heavy atom. The first kappa shape index (κ1) is 35.2. The summed E-state index contributed by atoms with van der Waals surface area (Å²) < 4.78 is 6.25. The smallest absolute Gasteiger partial charge is 0.132 e. The van der Waals surface area contributed by atoms with Crippen molar-refractivity contribution in [1.82, 2.24) is 0 Å². The van der Waals surface area contributed by atoms with E-state index < -0.39 is 0 Å². The highest BCUT2D eigenvalue weighted by Crippen LogP contribution is 2.50. The molecular weight excluding hydrogens is 568 g/mol. The quantitative estimate of drug-likeness (QED) is 0.155. The topological polar surface area (TPSA) is 69.9 Å². The maximum Gasteiger partial charge on any atom is 0.132 e. The number of hydrogen-bond acceptors (Lipinski definition) is 4. The van der Waals surface area contributed by atoms with Gasteiger partial charge >= 0.3 is 0 Å². The summed E-state index contributed by atoms with van der Waals surface area (Å²) >= 11 is 0. The Morgan fingerprint density at radius 3 is 2.02 bits per heavy atom. The largest absolute Gasteiger partial charge is 0.507 e. The number of fused-ring (bicyclic) bond motifs is 3. The third kappa shape index (κ3) is 8.18. The predicted molar refractivity (Wildman–Crippen MR) is 192 cm³/mol. The van der Waals surface area contributed by atoms with Crippen molar-refractivity contribution in [1.29, 1.82) is 0 Å². The van der Waals surface area contributed by atoms with Crippen LogP contribution >= 0.6 is 0 Å². The number of rotatable bonds is 10. The zero-order valence-electron chi connectivity index (χ0n) is 29.3. The first-order chi connectivity index (χ1) is 21.9. The zero-order valence-corrected chi connectivity index (χ0v) is 29.3. The van der Waals surface area contributed by atoms with E-state index in [1.165, 1.54) is 36.8 Å². The Balaban J connectivity index is 0.000000209. The molecule has 0 radical (unpaired) electrons. The Kier molecular flexibility index (Phi) is 11.7. The molecule has 0 saturated carbocycles. The first-order valence-electron chi connectivity index (χ1n) is 17.4. The van der Waals surface area contributed by atoms with Crippen LogP contribution in [-0.2, 0) is 18.4 Å². The number of aryl methyl sites for hydroxylation is 3. The molecule has 0 bridgehead atoms. The molecule has 2 atom stereocenters. The van der Waals surface area contributed by atoms with E-state index in [0.29, 0.717) is 11.3 Å². The highest BCUT2D eigenvalue weighted by Gasteiger charge is 2.34. The van der Waals surface area contributed by atoms with Gasteiger partial charge in [-0.1, -0.05) is 87.1 Å². The van der Waals surface area contributed by atoms with Gasteiger partial charge in [0.25, 0.3) is 0 Å². The van der Waals surface area contributed by atoms with Crippen molar-refractivity contribution in [3.05, 3.63) is 94.1 Å². The standard InChI is InChI=1S/C21H26O2.C21H30O2/c1-5-6-7-8-15-12-18(22)20-16-11-14(2)9-10-17(16)21(3,4)23-19(20)13-15;1-5-6-7-8-16-12-19(22)21(20(23)13-16)18-11-15(4)9-10-17(18)14(2)3/h9-13,22H,5-8H2,1-4H3;11-13,17-18,22-23H,2,5-10H2,1,3-4H3/t;17-,18+/m.0/s1. The molecule has 2 aliphatic rings. The van der Waals surface area contributed by atoms with Gasteiger partial charge in [-0.05, 0) is 120 Å². The average Bonchev–Trinajstić information content (AvgIpc) is 2.96. The van der Waals surface area contributed by atoms with Gasteiger partial charge in [-0.15, -0.1) is 0 Å². The lowest BCUT2D eigenvalue weighted by Crippen LogP contribution is -2.29. The summed E-state index contributed by atoms with van der Waals surface area (Å²) in [7, 11) is 0. The van der Waals surface area contributed by atoms with Gasteiger partial charge in [0.1, 0.15) is 28.6 Å². The third-order valence-corrected chi connectivity index (χ3v) is 9.65. The minimum atomic E-state index is -0.384. The minimum Gasteiger partial charge on any atom is -0.507 e. The fraction of sp³-hybridized carbons (Fsp3) is 0.476. The maximum atomic E-state index is 10.6. The second-order valence-corrected chi connectivity index (χ2v) is 14.1. The van der Waals surface area contributed by atoms with Crippen molar-refractivity contribution in [2.45, 2.75) is 124 Å². The van der Waals surface area contributed by atoms with Crippen molar-refractivity contribution in [2.75, 3.05) is 0 Å². The number of hydrogen-bond donors (Lipinski definition) is 3. The zero-order chi connectivity index (χ0) is 33.6. The van der Waals surface area contributed by atoms with E-state index >= 15 is 0 Å². The van der Waals surface area contributed by atoms with Crippen LogP contribution in [0.2, 0.25) is 0 Å². The van der Waals surface area contributed by atoms with Crippen molar-refractivity contribution in [2.24, 2.45) is 5.92 Å². The molecule has 248 valence electrons. The number of allylic oxidation sites excluding steroid dienone is 3. The molecule has 1 heterocycles. The van der Waals surface area contributed by atoms with E-state index in [0.717, 1.165) is 77.7 Å². The van der Waals surface area contributed by atoms with Crippen molar-refractivity contribution < 1.29 is 20.1 Å². The highest BCUT2D eigenvalue weighted by atomic mass is 16.5. The SMILES string of the molecule is C=C(C)[C@@H]1CCC(C)=C[C@H]1c1c(O)cc(CCCCC)cc1O.CCCCCc1cc(O)c2c(c1)OC(C)(C)c1ccc(C)cc1-2. The van der Waals surface area contributed by atoms with Crippen LogP contribution in [0.4, 0.5) is 0 Å². The molecule has 0 fully saturated rings. The van der Waals surface area contributed by atoms with E-state index in [9.17, 15) is 15.3 Å². The summed E-state index contributed by atoms with van der Waals surface area (Å²) in [4.78, 5) is 0. The second-order valence-electron chi connectivity index (χ2n) is 14.1. The van der Waals surface area contributed by atoms with Gasteiger partial charge in [-0.25, -0.2) is 0 Å². The lowest BCUT2D eigenvalue weighted by molar-refractivity contribution is 0.105. The summed E-state index contributed by atoms with van der Waals surface area (Å²) in [6, 6.07) is 14.0. The van der Waals surface area contributed by atoms with Crippen LogP contribution in [0.25, 0.3) is 11.1 Å². The van der Waals surface area contributed by atoms with Gasteiger partial charge < -0.3 is 20.1 Å². The van der Waals surface area contributed by atoms with Gasteiger partial charge in [0.2, 0.25) is 0 Å². The summed E-state index contributed by atoms with van der Waals surface area (Å²) in [6.45, 7) is 18.9. The molecule has 3 aromatic carbocycles. The molecule has 0 aromatic heterocycles. The second kappa shape index (κ2) is 15.3. The van der Waals surface area contributed by atoms with E-state index in [2.05, 4.69) is 78.5 Å². The lowest BCUT2D eigenvalue weighted by atomic mass is 9.73. The lowest BCUT2D eigenvalue weighted by Gasteiger charge is -2.35. The molecule has 4 nitrogen and oxygen atoms in total. The maximum absolute atomic E-state index is 10.6. The monoisotopic (exact) mass is 624 g/mol. The number of ether oxygens (including phenoxy) is 1. The molecule has 1 aliphatic carbocycles. The fourth-order valence-electron chi connectivity index (χ4n) is 7.10. The molecule has 0 amide bonds. The van der Waals surface area contributed by atoms with E-state index in [1.54, 1.807) is 0 Å². The molecule has 4 heteroatoms. The number of aromatic hydroxyl groups is 3. The van der Waals surface area contributed by atoms with E-state index in [4.69, 9.17) is 4.74 Å². The molecular formula is C42H56O4. The van der Waals surface area contributed by atoms with Gasteiger partial charge in [0.05, 0.1) is 5.56 Å². The van der Waals surface area contributed by atoms with Crippen LogP contribution in [0.15, 0.2) is 66.3 Å². The van der Waals surface area contributed by atoms with Crippen molar-refractivity contribution in [3.8, 4) is 34.1 Å².